The lowest BCUT2D eigenvalue weighted by atomic mass is 10.1. The topological polar surface area (TPSA) is 35.8 Å². The molecule has 0 radical (unpaired) electrons. The van der Waals surface area contributed by atoms with Crippen LogP contribution in [0.25, 0.3) is 0 Å². The minimum absolute atomic E-state index is 0.108. The summed E-state index contributed by atoms with van der Waals surface area (Å²) in [5.74, 6) is 0.263. The van der Waals surface area contributed by atoms with Crippen molar-refractivity contribution < 1.29 is 4.39 Å². The first kappa shape index (κ1) is 13.5. The molecular formula is C14H19FN2. The minimum Gasteiger partial charge on any atom is -0.384 e. The highest BCUT2D eigenvalue weighted by Crippen LogP contribution is 2.17. The van der Waals surface area contributed by atoms with Crippen molar-refractivity contribution in [3.63, 3.8) is 0 Å². The Morgan fingerprint density at radius 3 is 2.76 bits per heavy atom. The van der Waals surface area contributed by atoms with Crippen LogP contribution >= 0.6 is 0 Å². The zero-order chi connectivity index (χ0) is 12.7. The molecule has 0 aliphatic carbocycles. The standard InChI is InChI=1S/C14H19FN2/c1-11(2)6-3-4-9-17-14-8-5-7-13(15)12(14)10-16/h5,7-8,11,17H,3-4,6,9H2,1-2H3. The lowest BCUT2D eigenvalue weighted by Gasteiger charge is -2.09. The van der Waals surface area contributed by atoms with E-state index < -0.39 is 5.82 Å². The first-order valence-electron chi connectivity index (χ1n) is 6.07. The van der Waals surface area contributed by atoms with Gasteiger partial charge in [0.05, 0.1) is 5.69 Å². The van der Waals surface area contributed by atoms with Crippen molar-refractivity contribution in [2.75, 3.05) is 11.9 Å². The molecule has 0 saturated carbocycles. The Morgan fingerprint density at radius 1 is 1.35 bits per heavy atom. The number of nitriles is 1. The van der Waals surface area contributed by atoms with Gasteiger partial charge in [0.25, 0.3) is 0 Å². The smallest absolute Gasteiger partial charge is 0.143 e. The number of unbranched alkanes of at least 4 members (excludes halogenated alkanes) is 1. The number of nitrogens with one attached hydrogen (secondary N) is 1. The normalized spacial score (nSPS) is 10.3. The number of hydrogen-bond donors (Lipinski definition) is 1. The molecule has 0 fully saturated rings. The molecule has 3 heteroatoms. The van der Waals surface area contributed by atoms with Gasteiger partial charge in [0.2, 0.25) is 0 Å². The Balaban J connectivity index is 2.42. The maximum absolute atomic E-state index is 13.3. The fourth-order valence-electron chi connectivity index (χ4n) is 1.69. The van der Waals surface area contributed by atoms with E-state index in [1.807, 2.05) is 6.07 Å². The quantitative estimate of drug-likeness (QED) is 0.757. The fourth-order valence-corrected chi connectivity index (χ4v) is 1.69. The predicted molar refractivity (Wildman–Crippen MR) is 68.3 cm³/mol. The second-order valence-electron chi connectivity index (χ2n) is 4.59. The molecule has 1 N–H and O–H groups in total. The summed E-state index contributed by atoms with van der Waals surface area (Å²) in [5.41, 5.74) is 0.702. The molecule has 2 nitrogen and oxygen atoms in total. The van der Waals surface area contributed by atoms with Crippen LogP contribution in [-0.4, -0.2) is 6.54 Å². The third-order valence-electron chi connectivity index (χ3n) is 2.65. The zero-order valence-electron chi connectivity index (χ0n) is 10.5. The van der Waals surface area contributed by atoms with Crippen LogP contribution < -0.4 is 5.32 Å². The average molecular weight is 234 g/mol. The van der Waals surface area contributed by atoms with Gasteiger partial charge in [-0.05, 0) is 24.5 Å². The van der Waals surface area contributed by atoms with Crippen molar-refractivity contribution in [3.05, 3.63) is 29.6 Å². The molecule has 92 valence electrons. The van der Waals surface area contributed by atoms with Crippen LogP contribution in [-0.2, 0) is 0 Å². The molecule has 1 aromatic rings. The lowest BCUT2D eigenvalue weighted by molar-refractivity contribution is 0.544. The first-order valence-corrected chi connectivity index (χ1v) is 6.07. The molecule has 0 aromatic heterocycles. The number of rotatable bonds is 6. The molecule has 0 spiro atoms. The van der Waals surface area contributed by atoms with Gasteiger partial charge in [0.1, 0.15) is 17.4 Å². The highest BCUT2D eigenvalue weighted by molar-refractivity contribution is 5.57. The van der Waals surface area contributed by atoms with Gasteiger partial charge in [0.15, 0.2) is 0 Å². The molecular weight excluding hydrogens is 215 g/mol. The Kier molecular flexibility index (Phi) is 5.48. The Bertz CT molecular complexity index is 394. The molecule has 1 aromatic carbocycles. The Hall–Kier alpha value is -1.56. The molecule has 0 amide bonds. The van der Waals surface area contributed by atoms with Gasteiger partial charge in [-0.1, -0.05) is 32.8 Å². The van der Waals surface area contributed by atoms with Crippen LogP contribution in [0.4, 0.5) is 10.1 Å². The van der Waals surface area contributed by atoms with Gasteiger partial charge in [-0.3, -0.25) is 0 Å². The molecule has 0 aliphatic heterocycles. The van der Waals surface area contributed by atoms with Gasteiger partial charge in [0, 0.05) is 6.54 Å². The molecule has 0 heterocycles. The molecule has 0 bridgehead atoms. The van der Waals surface area contributed by atoms with Crippen LogP contribution in [0.5, 0.6) is 0 Å². The van der Waals surface area contributed by atoms with Crippen LogP contribution in [0.1, 0.15) is 38.7 Å². The van der Waals surface area contributed by atoms with Crippen molar-refractivity contribution >= 4 is 5.69 Å². The van der Waals surface area contributed by atoms with Crippen molar-refractivity contribution in [2.45, 2.75) is 33.1 Å². The highest BCUT2D eigenvalue weighted by Gasteiger charge is 2.06. The maximum atomic E-state index is 13.3. The van der Waals surface area contributed by atoms with Crippen LogP contribution in [0.2, 0.25) is 0 Å². The summed E-state index contributed by atoms with van der Waals surface area (Å²) in [4.78, 5) is 0. The Morgan fingerprint density at radius 2 is 2.12 bits per heavy atom. The van der Waals surface area contributed by atoms with E-state index in [1.54, 1.807) is 12.1 Å². The third kappa shape index (κ3) is 4.44. The molecule has 17 heavy (non-hydrogen) atoms. The molecule has 0 unspecified atom stereocenters. The van der Waals surface area contributed by atoms with E-state index in [1.165, 1.54) is 12.5 Å². The van der Waals surface area contributed by atoms with Crippen molar-refractivity contribution in [2.24, 2.45) is 5.92 Å². The van der Waals surface area contributed by atoms with Gasteiger partial charge in [-0.25, -0.2) is 4.39 Å². The maximum Gasteiger partial charge on any atom is 0.143 e. The summed E-state index contributed by atoms with van der Waals surface area (Å²) >= 11 is 0. The molecule has 0 atom stereocenters. The van der Waals surface area contributed by atoms with Crippen LogP contribution in [0.15, 0.2) is 18.2 Å². The summed E-state index contributed by atoms with van der Waals surface area (Å²) in [7, 11) is 0. The predicted octanol–water partition coefficient (Wildman–Crippen LogP) is 3.94. The van der Waals surface area contributed by atoms with Crippen molar-refractivity contribution in [1.82, 2.24) is 0 Å². The number of hydrogen-bond acceptors (Lipinski definition) is 2. The zero-order valence-corrected chi connectivity index (χ0v) is 10.5. The van der Waals surface area contributed by atoms with Gasteiger partial charge < -0.3 is 5.32 Å². The number of anilines is 1. The lowest BCUT2D eigenvalue weighted by Crippen LogP contribution is -2.04. The second-order valence-corrected chi connectivity index (χ2v) is 4.59. The summed E-state index contributed by atoms with van der Waals surface area (Å²) < 4.78 is 13.3. The van der Waals surface area contributed by atoms with Crippen molar-refractivity contribution in [3.8, 4) is 6.07 Å². The third-order valence-corrected chi connectivity index (χ3v) is 2.65. The SMILES string of the molecule is CC(C)CCCCNc1cccc(F)c1C#N. The molecule has 1 rings (SSSR count). The summed E-state index contributed by atoms with van der Waals surface area (Å²) in [5, 5.41) is 12.0. The number of benzene rings is 1. The van der Waals surface area contributed by atoms with E-state index in [2.05, 4.69) is 19.2 Å². The molecule has 0 aliphatic rings. The fraction of sp³-hybridized carbons (Fsp3) is 0.500. The largest absolute Gasteiger partial charge is 0.384 e. The minimum atomic E-state index is -0.459. The Labute approximate surface area is 102 Å². The van der Waals surface area contributed by atoms with Crippen LogP contribution in [0.3, 0.4) is 0 Å². The van der Waals surface area contributed by atoms with E-state index in [0.717, 1.165) is 25.3 Å². The van der Waals surface area contributed by atoms with E-state index in [4.69, 9.17) is 5.26 Å². The van der Waals surface area contributed by atoms with E-state index in [0.29, 0.717) is 5.69 Å². The van der Waals surface area contributed by atoms with E-state index in [-0.39, 0.29) is 5.56 Å². The summed E-state index contributed by atoms with van der Waals surface area (Å²) in [6.07, 6.45) is 3.40. The summed E-state index contributed by atoms with van der Waals surface area (Å²) in [6.45, 7) is 5.19. The monoisotopic (exact) mass is 234 g/mol. The van der Waals surface area contributed by atoms with E-state index in [9.17, 15) is 4.39 Å². The van der Waals surface area contributed by atoms with E-state index >= 15 is 0 Å². The first-order chi connectivity index (χ1) is 8.15. The average Bonchev–Trinajstić information content (AvgIpc) is 2.28. The highest BCUT2D eigenvalue weighted by atomic mass is 19.1. The van der Waals surface area contributed by atoms with Gasteiger partial charge >= 0.3 is 0 Å². The second kappa shape index (κ2) is 6.90. The van der Waals surface area contributed by atoms with Crippen LogP contribution in [0, 0.1) is 23.1 Å². The van der Waals surface area contributed by atoms with Crippen molar-refractivity contribution in [1.29, 1.82) is 5.26 Å². The number of halogens is 1. The molecule has 0 saturated heterocycles. The van der Waals surface area contributed by atoms with Gasteiger partial charge in [-0.15, -0.1) is 0 Å². The summed E-state index contributed by atoms with van der Waals surface area (Å²) in [6, 6.07) is 6.55. The van der Waals surface area contributed by atoms with Gasteiger partial charge in [-0.2, -0.15) is 5.26 Å². The number of nitrogens with zero attached hydrogens (tertiary/aromatic N) is 1.